The molecule has 5 heteroatoms. The fourth-order valence-corrected chi connectivity index (χ4v) is 1.68. The zero-order valence-corrected chi connectivity index (χ0v) is 10.1. The molecular weight excluding hydrogens is 224 g/mol. The van der Waals surface area contributed by atoms with Crippen molar-refractivity contribution >= 4 is 17.7 Å². The van der Waals surface area contributed by atoms with E-state index >= 15 is 0 Å². The van der Waals surface area contributed by atoms with E-state index in [0.717, 1.165) is 19.3 Å². The number of ketones is 1. The monoisotopic (exact) mass is 244 g/mol. The summed E-state index contributed by atoms with van der Waals surface area (Å²) in [5.41, 5.74) is 0. The third kappa shape index (κ3) is 9.53. The number of carbonyl (C=O) groups is 3. The number of rotatable bonds is 10. The van der Waals surface area contributed by atoms with Crippen LogP contribution in [0.2, 0.25) is 0 Å². The van der Waals surface area contributed by atoms with Gasteiger partial charge in [0.15, 0.2) is 0 Å². The van der Waals surface area contributed by atoms with Crippen LogP contribution in [0.25, 0.3) is 0 Å². The smallest absolute Gasteiger partial charge is 0.304 e. The molecule has 0 amide bonds. The van der Waals surface area contributed by atoms with Crippen LogP contribution in [-0.2, 0) is 14.4 Å². The molecule has 2 N–H and O–H groups in total. The van der Waals surface area contributed by atoms with Crippen molar-refractivity contribution in [3.8, 4) is 0 Å². The third-order valence-electron chi connectivity index (χ3n) is 2.69. The van der Waals surface area contributed by atoms with E-state index in [2.05, 4.69) is 0 Å². The highest BCUT2D eigenvalue weighted by molar-refractivity contribution is 5.82. The number of hydrogen-bond acceptors (Lipinski definition) is 3. The summed E-state index contributed by atoms with van der Waals surface area (Å²) in [6.45, 7) is 1.41. The zero-order valence-electron chi connectivity index (χ0n) is 10.1. The predicted molar refractivity (Wildman–Crippen MR) is 61.8 cm³/mol. The van der Waals surface area contributed by atoms with E-state index in [1.54, 1.807) is 0 Å². The van der Waals surface area contributed by atoms with Crippen molar-refractivity contribution in [1.29, 1.82) is 0 Å². The van der Waals surface area contributed by atoms with Gasteiger partial charge in [-0.3, -0.25) is 14.4 Å². The fourth-order valence-electron chi connectivity index (χ4n) is 1.68. The van der Waals surface area contributed by atoms with Gasteiger partial charge in [0.05, 0.1) is 6.42 Å². The topological polar surface area (TPSA) is 91.7 Å². The maximum Gasteiger partial charge on any atom is 0.304 e. The average Bonchev–Trinajstić information content (AvgIpc) is 2.20. The molecule has 0 aliphatic carbocycles. The Morgan fingerprint density at radius 1 is 0.941 bits per heavy atom. The van der Waals surface area contributed by atoms with E-state index in [9.17, 15) is 14.4 Å². The maximum absolute atomic E-state index is 11.1. The molecule has 0 radical (unpaired) electrons. The number of hydrogen-bond donors (Lipinski definition) is 2. The van der Waals surface area contributed by atoms with Crippen molar-refractivity contribution in [2.45, 2.75) is 51.9 Å². The first-order valence-corrected chi connectivity index (χ1v) is 5.87. The molecule has 0 saturated carbocycles. The van der Waals surface area contributed by atoms with Crippen LogP contribution in [0.15, 0.2) is 0 Å². The van der Waals surface area contributed by atoms with E-state index in [4.69, 9.17) is 10.2 Å². The van der Waals surface area contributed by atoms with Crippen molar-refractivity contribution in [2.75, 3.05) is 0 Å². The minimum absolute atomic E-state index is 0.0852. The molecule has 0 aromatic rings. The molecule has 0 aromatic heterocycles. The molecule has 1 unspecified atom stereocenters. The van der Waals surface area contributed by atoms with Crippen molar-refractivity contribution in [3.05, 3.63) is 0 Å². The van der Waals surface area contributed by atoms with Crippen LogP contribution in [0.4, 0.5) is 0 Å². The second-order valence-corrected chi connectivity index (χ2v) is 4.25. The largest absolute Gasteiger partial charge is 0.481 e. The van der Waals surface area contributed by atoms with Crippen molar-refractivity contribution in [1.82, 2.24) is 0 Å². The Hall–Kier alpha value is -1.39. The first kappa shape index (κ1) is 15.6. The molecule has 0 aromatic carbocycles. The highest BCUT2D eigenvalue weighted by atomic mass is 16.4. The summed E-state index contributed by atoms with van der Waals surface area (Å²) in [6.07, 6.45) is 3.71. The maximum atomic E-state index is 11.1. The molecule has 0 heterocycles. The molecule has 1 atom stereocenters. The van der Waals surface area contributed by atoms with Gasteiger partial charge >= 0.3 is 11.9 Å². The van der Waals surface area contributed by atoms with E-state index in [-0.39, 0.29) is 18.6 Å². The lowest BCUT2D eigenvalue weighted by Crippen LogP contribution is -2.15. The first-order chi connectivity index (χ1) is 7.93. The Balaban J connectivity index is 3.65. The molecule has 0 saturated heterocycles. The van der Waals surface area contributed by atoms with Crippen LogP contribution < -0.4 is 0 Å². The molecule has 0 fully saturated rings. The quantitative estimate of drug-likeness (QED) is 0.574. The summed E-state index contributed by atoms with van der Waals surface area (Å²) in [5.74, 6) is -2.22. The highest BCUT2D eigenvalue weighted by Crippen LogP contribution is 2.16. The summed E-state index contributed by atoms with van der Waals surface area (Å²) >= 11 is 0. The first-order valence-electron chi connectivity index (χ1n) is 5.87. The number of unbranched alkanes of at least 4 members (excludes halogenated alkanes) is 3. The van der Waals surface area contributed by atoms with Crippen molar-refractivity contribution in [3.63, 3.8) is 0 Å². The lowest BCUT2D eigenvalue weighted by atomic mass is 9.94. The Morgan fingerprint density at radius 2 is 1.53 bits per heavy atom. The van der Waals surface area contributed by atoms with Crippen LogP contribution >= 0.6 is 0 Å². The summed E-state index contributed by atoms with van der Waals surface area (Å²) in [5, 5.41) is 17.0. The molecule has 17 heavy (non-hydrogen) atoms. The fraction of sp³-hybridized carbons (Fsp3) is 0.750. The summed E-state index contributed by atoms with van der Waals surface area (Å²) in [6, 6.07) is 0. The SMILES string of the molecule is CC(=O)C(CCCCCCC(=O)O)CC(=O)O. The third-order valence-corrected chi connectivity index (χ3v) is 2.69. The number of aliphatic carboxylic acids is 2. The molecule has 0 spiro atoms. The van der Waals surface area contributed by atoms with Gasteiger partial charge in [0.2, 0.25) is 0 Å². The van der Waals surface area contributed by atoms with Gasteiger partial charge in [-0.15, -0.1) is 0 Å². The lowest BCUT2D eigenvalue weighted by molar-refractivity contribution is -0.140. The van der Waals surface area contributed by atoms with Crippen LogP contribution in [-0.4, -0.2) is 27.9 Å². The van der Waals surface area contributed by atoms with Crippen LogP contribution in [0.1, 0.15) is 51.9 Å². The van der Waals surface area contributed by atoms with E-state index in [0.29, 0.717) is 12.8 Å². The molecule has 98 valence electrons. The van der Waals surface area contributed by atoms with Gasteiger partial charge in [0.25, 0.3) is 0 Å². The van der Waals surface area contributed by atoms with Crippen LogP contribution in [0.3, 0.4) is 0 Å². The summed E-state index contributed by atoms with van der Waals surface area (Å²) in [7, 11) is 0. The standard InChI is InChI=1S/C12H20O5/c1-9(13)10(8-12(16)17)6-4-2-3-5-7-11(14)15/h10H,2-8H2,1H3,(H,14,15)(H,16,17). The summed E-state index contributed by atoms with van der Waals surface area (Å²) in [4.78, 5) is 31.9. The molecular formula is C12H20O5. The minimum atomic E-state index is -0.948. The molecule has 0 bridgehead atoms. The lowest BCUT2D eigenvalue weighted by Gasteiger charge is -2.10. The Labute approximate surface area is 101 Å². The van der Waals surface area contributed by atoms with E-state index in [1.165, 1.54) is 6.92 Å². The minimum Gasteiger partial charge on any atom is -0.481 e. The van der Waals surface area contributed by atoms with E-state index in [1.807, 2.05) is 0 Å². The number of Topliss-reactive ketones (excluding diaryl/α,β-unsaturated/α-hetero) is 1. The Bertz CT molecular complexity index is 272. The highest BCUT2D eigenvalue weighted by Gasteiger charge is 2.17. The molecule has 0 aliphatic heterocycles. The predicted octanol–water partition coefficient (Wildman–Crippen LogP) is 2.09. The van der Waals surface area contributed by atoms with Gasteiger partial charge in [-0.25, -0.2) is 0 Å². The van der Waals surface area contributed by atoms with Gasteiger partial charge in [-0.2, -0.15) is 0 Å². The van der Waals surface area contributed by atoms with Gasteiger partial charge in [0, 0.05) is 12.3 Å². The number of carbonyl (C=O) groups excluding carboxylic acids is 1. The van der Waals surface area contributed by atoms with Gasteiger partial charge in [0.1, 0.15) is 5.78 Å². The second kappa shape index (κ2) is 8.73. The normalized spacial score (nSPS) is 12.1. The van der Waals surface area contributed by atoms with Gasteiger partial charge < -0.3 is 10.2 Å². The number of carboxylic acids is 2. The Kier molecular flexibility index (Phi) is 8.01. The molecule has 0 rings (SSSR count). The summed E-state index contributed by atoms with van der Waals surface area (Å²) < 4.78 is 0. The number of carboxylic acid groups (broad SMARTS) is 2. The van der Waals surface area contributed by atoms with E-state index < -0.39 is 17.9 Å². The Morgan fingerprint density at radius 3 is 2.00 bits per heavy atom. The second-order valence-electron chi connectivity index (χ2n) is 4.25. The molecule has 0 aliphatic rings. The van der Waals surface area contributed by atoms with Crippen LogP contribution in [0.5, 0.6) is 0 Å². The average molecular weight is 244 g/mol. The zero-order chi connectivity index (χ0) is 13.3. The van der Waals surface area contributed by atoms with Gasteiger partial charge in [-0.1, -0.05) is 19.3 Å². The van der Waals surface area contributed by atoms with Crippen molar-refractivity contribution in [2.24, 2.45) is 5.92 Å². The van der Waals surface area contributed by atoms with Gasteiger partial charge in [-0.05, 0) is 19.8 Å². The molecule has 5 nitrogen and oxygen atoms in total. The van der Waals surface area contributed by atoms with Crippen molar-refractivity contribution < 1.29 is 24.6 Å². The van der Waals surface area contributed by atoms with Crippen LogP contribution in [0, 0.1) is 5.92 Å².